The fourth-order valence-corrected chi connectivity index (χ4v) is 2.02. The first-order valence-corrected chi connectivity index (χ1v) is 5.87. The average molecular weight is 285 g/mol. The summed E-state index contributed by atoms with van der Waals surface area (Å²) in [5.74, 6) is 0.470. The predicted molar refractivity (Wildman–Crippen MR) is 69.1 cm³/mol. The van der Waals surface area contributed by atoms with E-state index in [9.17, 15) is 5.11 Å². The Bertz CT molecular complexity index is 564. The fraction of sp³-hybridized carbons (Fsp3) is 0.167. The minimum Gasteiger partial charge on any atom is -0.495 e. The highest BCUT2D eigenvalue weighted by molar-refractivity contribution is 6.34. The summed E-state index contributed by atoms with van der Waals surface area (Å²) in [6.45, 7) is 0. The minimum atomic E-state index is -1.06. The first-order chi connectivity index (χ1) is 8.63. The number of aromatic nitrogens is 2. The molecule has 0 fully saturated rings. The van der Waals surface area contributed by atoms with Gasteiger partial charge >= 0.3 is 0 Å². The van der Waals surface area contributed by atoms with E-state index >= 15 is 0 Å². The Morgan fingerprint density at radius 2 is 2.06 bits per heavy atom. The molecule has 6 heteroatoms. The van der Waals surface area contributed by atoms with Crippen LogP contribution in [0.2, 0.25) is 10.0 Å². The smallest absolute Gasteiger partial charge is 0.143 e. The molecule has 0 amide bonds. The van der Waals surface area contributed by atoms with Crippen molar-refractivity contribution in [3.05, 3.63) is 52.0 Å². The minimum absolute atomic E-state index is 0.280. The lowest BCUT2D eigenvalue weighted by molar-refractivity contribution is 0.204. The molecule has 0 saturated carbocycles. The molecule has 18 heavy (non-hydrogen) atoms. The van der Waals surface area contributed by atoms with Crippen molar-refractivity contribution in [3.63, 3.8) is 0 Å². The maximum Gasteiger partial charge on any atom is 0.143 e. The van der Waals surface area contributed by atoms with Gasteiger partial charge in [0.1, 0.15) is 17.5 Å². The zero-order valence-electron chi connectivity index (χ0n) is 9.47. The maximum absolute atomic E-state index is 10.2. The first-order valence-electron chi connectivity index (χ1n) is 5.11. The summed E-state index contributed by atoms with van der Waals surface area (Å²) < 4.78 is 5.13. The van der Waals surface area contributed by atoms with Crippen LogP contribution in [0.4, 0.5) is 0 Å². The monoisotopic (exact) mass is 284 g/mol. The Morgan fingerprint density at radius 1 is 1.28 bits per heavy atom. The van der Waals surface area contributed by atoms with Crippen LogP contribution >= 0.6 is 23.2 Å². The summed E-state index contributed by atoms with van der Waals surface area (Å²) in [6.07, 6.45) is 1.91. The SMILES string of the molecule is COc1cccnc1C(O)c1ncc(Cl)cc1Cl. The number of halogens is 2. The van der Waals surface area contributed by atoms with Crippen molar-refractivity contribution in [1.29, 1.82) is 0 Å². The molecule has 1 N–H and O–H groups in total. The van der Waals surface area contributed by atoms with E-state index in [0.29, 0.717) is 16.5 Å². The maximum atomic E-state index is 10.2. The van der Waals surface area contributed by atoms with Crippen LogP contribution in [-0.2, 0) is 0 Å². The van der Waals surface area contributed by atoms with Gasteiger partial charge in [0.25, 0.3) is 0 Å². The van der Waals surface area contributed by atoms with Gasteiger partial charge in [-0.2, -0.15) is 0 Å². The zero-order valence-corrected chi connectivity index (χ0v) is 11.0. The highest BCUT2D eigenvalue weighted by Gasteiger charge is 2.20. The van der Waals surface area contributed by atoms with E-state index in [1.807, 2.05) is 0 Å². The number of aliphatic hydroxyl groups excluding tert-OH is 1. The molecular formula is C12H10Cl2N2O2. The summed E-state index contributed by atoms with van der Waals surface area (Å²) in [6, 6.07) is 4.94. The molecule has 2 aromatic rings. The van der Waals surface area contributed by atoms with Crippen molar-refractivity contribution in [2.45, 2.75) is 6.10 Å². The number of ether oxygens (including phenoxy) is 1. The van der Waals surface area contributed by atoms with Crippen LogP contribution in [0, 0.1) is 0 Å². The molecule has 1 atom stereocenters. The second-order valence-electron chi connectivity index (χ2n) is 3.51. The van der Waals surface area contributed by atoms with Gasteiger partial charge in [-0.25, -0.2) is 0 Å². The number of methoxy groups -OCH3 is 1. The molecule has 0 saturated heterocycles. The van der Waals surface area contributed by atoms with Crippen molar-refractivity contribution in [3.8, 4) is 5.75 Å². The predicted octanol–water partition coefficient (Wildman–Crippen LogP) is 2.87. The van der Waals surface area contributed by atoms with E-state index in [1.165, 1.54) is 19.4 Å². The molecular weight excluding hydrogens is 275 g/mol. The number of rotatable bonds is 3. The van der Waals surface area contributed by atoms with Gasteiger partial charge in [-0.05, 0) is 18.2 Å². The lowest BCUT2D eigenvalue weighted by Gasteiger charge is -2.14. The lowest BCUT2D eigenvalue weighted by Crippen LogP contribution is -2.07. The molecule has 2 rings (SSSR count). The highest BCUT2D eigenvalue weighted by atomic mass is 35.5. The topological polar surface area (TPSA) is 55.2 Å². The van der Waals surface area contributed by atoms with Gasteiger partial charge < -0.3 is 9.84 Å². The number of aliphatic hydroxyl groups is 1. The molecule has 0 bridgehead atoms. The second kappa shape index (κ2) is 5.52. The highest BCUT2D eigenvalue weighted by Crippen LogP contribution is 2.31. The van der Waals surface area contributed by atoms with Gasteiger partial charge in [-0.3, -0.25) is 9.97 Å². The number of pyridine rings is 2. The lowest BCUT2D eigenvalue weighted by atomic mass is 10.1. The van der Waals surface area contributed by atoms with Gasteiger partial charge in [-0.15, -0.1) is 0 Å². The molecule has 2 aromatic heterocycles. The zero-order chi connectivity index (χ0) is 13.1. The third kappa shape index (κ3) is 2.56. The molecule has 4 nitrogen and oxygen atoms in total. The fourth-order valence-electron chi connectivity index (χ4n) is 1.54. The van der Waals surface area contributed by atoms with Crippen molar-refractivity contribution < 1.29 is 9.84 Å². The molecule has 0 aliphatic carbocycles. The Kier molecular flexibility index (Phi) is 4.01. The Hall–Kier alpha value is -1.36. The van der Waals surface area contributed by atoms with Crippen LogP contribution in [0.5, 0.6) is 5.75 Å². The van der Waals surface area contributed by atoms with Crippen molar-refractivity contribution in [2.24, 2.45) is 0 Å². The Morgan fingerprint density at radius 3 is 2.72 bits per heavy atom. The van der Waals surface area contributed by atoms with Crippen LogP contribution in [0.25, 0.3) is 0 Å². The van der Waals surface area contributed by atoms with Crippen molar-refractivity contribution in [2.75, 3.05) is 7.11 Å². The number of nitrogens with zero attached hydrogens (tertiary/aromatic N) is 2. The summed E-state index contributed by atoms with van der Waals surface area (Å²) in [7, 11) is 1.50. The van der Waals surface area contributed by atoms with Gasteiger partial charge in [0.2, 0.25) is 0 Å². The molecule has 2 heterocycles. The number of hydrogen-bond donors (Lipinski definition) is 1. The normalized spacial score (nSPS) is 12.2. The van der Waals surface area contributed by atoms with E-state index in [0.717, 1.165) is 0 Å². The van der Waals surface area contributed by atoms with E-state index in [-0.39, 0.29) is 10.7 Å². The van der Waals surface area contributed by atoms with E-state index in [4.69, 9.17) is 27.9 Å². The van der Waals surface area contributed by atoms with Crippen LogP contribution in [0.1, 0.15) is 17.5 Å². The number of hydrogen-bond acceptors (Lipinski definition) is 4. The van der Waals surface area contributed by atoms with Crippen LogP contribution in [0.15, 0.2) is 30.6 Å². The van der Waals surface area contributed by atoms with E-state index < -0.39 is 6.10 Å². The molecule has 94 valence electrons. The van der Waals surface area contributed by atoms with E-state index in [1.54, 1.807) is 18.3 Å². The summed E-state index contributed by atoms with van der Waals surface area (Å²) in [5, 5.41) is 10.9. The molecule has 0 aliphatic rings. The van der Waals surface area contributed by atoms with Crippen LogP contribution < -0.4 is 4.74 Å². The van der Waals surface area contributed by atoms with E-state index in [2.05, 4.69) is 9.97 Å². The van der Waals surface area contributed by atoms with Crippen molar-refractivity contribution in [1.82, 2.24) is 9.97 Å². The molecule has 0 radical (unpaired) electrons. The van der Waals surface area contributed by atoms with Crippen molar-refractivity contribution >= 4 is 23.2 Å². The van der Waals surface area contributed by atoms with Crippen LogP contribution in [-0.4, -0.2) is 22.2 Å². The third-order valence-electron chi connectivity index (χ3n) is 2.37. The molecule has 0 aliphatic heterocycles. The van der Waals surface area contributed by atoms with Gasteiger partial charge in [0.05, 0.1) is 22.8 Å². The van der Waals surface area contributed by atoms with Crippen LogP contribution in [0.3, 0.4) is 0 Å². The summed E-state index contributed by atoms with van der Waals surface area (Å²) in [4.78, 5) is 8.10. The largest absolute Gasteiger partial charge is 0.495 e. The van der Waals surface area contributed by atoms with Gasteiger partial charge in [0, 0.05) is 12.4 Å². The first kappa shape index (κ1) is 13.1. The Balaban J connectivity index is 2.44. The summed E-state index contributed by atoms with van der Waals surface area (Å²) >= 11 is 11.8. The van der Waals surface area contributed by atoms with Gasteiger partial charge in [0.15, 0.2) is 0 Å². The molecule has 1 unspecified atom stereocenters. The third-order valence-corrected chi connectivity index (χ3v) is 2.88. The van der Waals surface area contributed by atoms with Gasteiger partial charge in [-0.1, -0.05) is 23.2 Å². The quantitative estimate of drug-likeness (QED) is 0.942. The standard InChI is InChI=1S/C12H10Cl2N2O2/c1-18-9-3-2-4-15-11(9)12(17)10-8(14)5-7(13)6-16-10/h2-6,12,17H,1H3. The molecule has 0 spiro atoms. The molecule has 0 aromatic carbocycles. The average Bonchev–Trinajstić information content (AvgIpc) is 2.38. The second-order valence-corrected chi connectivity index (χ2v) is 4.36. The Labute approximate surface area is 114 Å². The summed E-state index contributed by atoms with van der Waals surface area (Å²) in [5.41, 5.74) is 0.648.